The van der Waals surface area contributed by atoms with Crippen LogP contribution < -0.4 is 5.73 Å². The van der Waals surface area contributed by atoms with Crippen molar-refractivity contribution in [1.29, 1.82) is 0 Å². The van der Waals surface area contributed by atoms with Crippen LogP contribution in [-0.2, 0) is 0 Å². The highest BCUT2D eigenvalue weighted by Gasteiger charge is 2.14. The number of rotatable bonds is 3. The standard InChI is InChI=1S/C18H14FN5/c19-13-6-4-12(5-7-13)16-11-22-17-9-8-15(23-24(16)17)18(20)14-3-1-2-10-21-14/h1-11,18H,20H2. The maximum Gasteiger partial charge on any atom is 0.154 e. The third-order valence-corrected chi connectivity index (χ3v) is 3.85. The van der Waals surface area contributed by atoms with Crippen molar-refractivity contribution in [3.8, 4) is 11.3 Å². The first kappa shape index (κ1) is 14.5. The van der Waals surface area contributed by atoms with Gasteiger partial charge in [0.15, 0.2) is 5.65 Å². The molecule has 118 valence electrons. The molecule has 1 unspecified atom stereocenters. The number of aromatic nitrogens is 4. The van der Waals surface area contributed by atoms with E-state index in [1.54, 1.807) is 29.0 Å². The van der Waals surface area contributed by atoms with Crippen molar-refractivity contribution in [2.75, 3.05) is 0 Å². The molecule has 0 saturated carbocycles. The largest absolute Gasteiger partial charge is 0.318 e. The van der Waals surface area contributed by atoms with Crippen LogP contribution in [0.25, 0.3) is 16.9 Å². The zero-order valence-electron chi connectivity index (χ0n) is 12.7. The predicted octanol–water partition coefficient (Wildman–Crippen LogP) is 2.98. The summed E-state index contributed by atoms with van der Waals surface area (Å²) >= 11 is 0. The van der Waals surface area contributed by atoms with Crippen LogP contribution in [0.4, 0.5) is 4.39 Å². The van der Waals surface area contributed by atoms with Crippen molar-refractivity contribution in [3.63, 3.8) is 0 Å². The fourth-order valence-corrected chi connectivity index (χ4v) is 2.58. The molecule has 4 aromatic rings. The monoisotopic (exact) mass is 319 g/mol. The van der Waals surface area contributed by atoms with Crippen LogP contribution in [0.15, 0.2) is 67.0 Å². The number of benzene rings is 1. The SMILES string of the molecule is NC(c1ccccn1)c1ccc2ncc(-c3ccc(F)cc3)n2n1. The van der Waals surface area contributed by atoms with Gasteiger partial charge >= 0.3 is 0 Å². The van der Waals surface area contributed by atoms with E-state index in [2.05, 4.69) is 15.1 Å². The number of hydrogen-bond donors (Lipinski definition) is 1. The molecule has 0 amide bonds. The molecule has 2 N–H and O–H groups in total. The fourth-order valence-electron chi connectivity index (χ4n) is 2.58. The van der Waals surface area contributed by atoms with Crippen LogP contribution in [0.5, 0.6) is 0 Å². The number of nitrogens with zero attached hydrogens (tertiary/aromatic N) is 4. The Bertz CT molecular complexity index is 979. The van der Waals surface area contributed by atoms with Gasteiger partial charge in [-0.3, -0.25) is 4.98 Å². The molecule has 0 spiro atoms. The molecule has 0 aliphatic carbocycles. The number of hydrogen-bond acceptors (Lipinski definition) is 4. The Morgan fingerprint density at radius 3 is 2.50 bits per heavy atom. The van der Waals surface area contributed by atoms with Gasteiger partial charge in [0.25, 0.3) is 0 Å². The Hall–Kier alpha value is -3.12. The maximum absolute atomic E-state index is 13.1. The smallest absolute Gasteiger partial charge is 0.154 e. The van der Waals surface area contributed by atoms with Gasteiger partial charge < -0.3 is 5.73 Å². The minimum absolute atomic E-state index is 0.279. The molecule has 1 aromatic carbocycles. The van der Waals surface area contributed by atoms with Gasteiger partial charge in [-0.2, -0.15) is 5.10 Å². The van der Waals surface area contributed by atoms with Gasteiger partial charge in [0.05, 0.1) is 29.3 Å². The van der Waals surface area contributed by atoms with Crippen LogP contribution in [0, 0.1) is 5.82 Å². The predicted molar refractivity (Wildman–Crippen MR) is 88.6 cm³/mol. The van der Waals surface area contributed by atoms with Gasteiger partial charge in [-0.15, -0.1) is 0 Å². The lowest BCUT2D eigenvalue weighted by molar-refractivity contribution is 0.628. The summed E-state index contributed by atoms with van der Waals surface area (Å²) in [5.74, 6) is -0.279. The highest BCUT2D eigenvalue weighted by molar-refractivity contribution is 5.62. The van der Waals surface area contributed by atoms with E-state index in [0.29, 0.717) is 11.3 Å². The quantitative estimate of drug-likeness (QED) is 0.630. The summed E-state index contributed by atoms with van der Waals surface area (Å²) in [6, 6.07) is 15.1. The van der Waals surface area contributed by atoms with Gasteiger partial charge in [-0.25, -0.2) is 13.9 Å². The molecule has 0 saturated heterocycles. The molecule has 6 heteroatoms. The average molecular weight is 319 g/mol. The lowest BCUT2D eigenvalue weighted by Crippen LogP contribution is -2.16. The van der Waals surface area contributed by atoms with Crippen LogP contribution in [-0.4, -0.2) is 19.6 Å². The second kappa shape index (κ2) is 5.82. The maximum atomic E-state index is 13.1. The molecule has 24 heavy (non-hydrogen) atoms. The van der Waals surface area contributed by atoms with Crippen molar-refractivity contribution in [3.05, 3.63) is 84.2 Å². The van der Waals surface area contributed by atoms with Crippen molar-refractivity contribution in [2.24, 2.45) is 5.73 Å². The van der Waals surface area contributed by atoms with E-state index in [1.165, 1.54) is 12.1 Å². The second-order valence-corrected chi connectivity index (χ2v) is 5.41. The Kier molecular flexibility index (Phi) is 3.51. The van der Waals surface area contributed by atoms with Crippen molar-refractivity contribution in [1.82, 2.24) is 19.6 Å². The number of nitrogens with two attached hydrogens (primary N) is 1. The molecule has 0 bridgehead atoms. The summed E-state index contributed by atoms with van der Waals surface area (Å²) in [7, 11) is 0. The molecule has 0 fully saturated rings. The number of fused-ring (bicyclic) bond motifs is 1. The summed E-state index contributed by atoms with van der Waals surface area (Å²) in [6.07, 6.45) is 3.42. The Morgan fingerprint density at radius 2 is 1.75 bits per heavy atom. The summed E-state index contributed by atoms with van der Waals surface area (Å²) in [5, 5.41) is 4.61. The van der Waals surface area contributed by atoms with E-state index < -0.39 is 6.04 Å². The molecule has 3 heterocycles. The number of pyridine rings is 1. The average Bonchev–Trinajstić information content (AvgIpc) is 3.05. The van der Waals surface area contributed by atoms with Crippen LogP contribution in [0.2, 0.25) is 0 Å². The molecule has 4 rings (SSSR count). The van der Waals surface area contributed by atoms with E-state index in [9.17, 15) is 4.39 Å². The van der Waals surface area contributed by atoms with E-state index in [1.807, 2.05) is 30.3 Å². The van der Waals surface area contributed by atoms with Gasteiger partial charge in [-0.1, -0.05) is 6.07 Å². The second-order valence-electron chi connectivity index (χ2n) is 5.41. The van der Waals surface area contributed by atoms with Gasteiger partial charge in [0.2, 0.25) is 0 Å². The van der Waals surface area contributed by atoms with E-state index in [-0.39, 0.29) is 5.82 Å². The van der Waals surface area contributed by atoms with Crippen molar-refractivity contribution >= 4 is 5.65 Å². The van der Waals surface area contributed by atoms with Gasteiger partial charge in [0, 0.05) is 11.8 Å². The minimum Gasteiger partial charge on any atom is -0.318 e. The molecule has 3 aromatic heterocycles. The first-order valence-corrected chi connectivity index (χ1v) is 7.49. The minimum atomic E-state index is -0.431. The van der Waals surface area contributed by atoms with Crippen molar-refractivity contribution < 1.29 is 4.39 Å². The topological polar surface area (TPSA) is 69.1 Å². The lowest BCUT2D eigenvalue weighted by Gasteiger charge is -2.11. The van der Waals surface area contributed by atoms with E-state index in [0.717, 1.165) is 17.0 Å². The first-order chi connectivity index (χ1) is 11.7. The Labute approximate surface area is 137 Å². The highest BCUT2D eigenvalue weighted by atomic mass is 19.1. The summed E-state index contributed by atoms with van der Waals surface area (Å²) < 4.78 is 14.9. The molecule has 0 aliphatic rings. The molecule has 0 aliphatic heterocycles. The molecule has 5 nitrogen and oxygen atoms in total. The summed E-state index contributed by atoms with van der Waals surface area (Å²) in [4.78, 5) is 8.62. The van der Waals surface area contributed by atoms with E-state index >= 15 is 0 Å². The Balaban J connectivity index is 1.80. The molecule has 1 atom stereocenters. The number of halogens is 1. The fraction of sp³-hybridized carbons (Fsp3) is 0.0556. The normalized spacial score (nSPS) is 12.4. The third kappa shape index (κ3) is 2.53. The molecular weight excluding hydrogens is 305 g/mol. The van der Waals surface area contributed by atoms with Crippen LogP contribution in [0.3, 0.4) is 0 Å². The third-order valence-electron chi connectivity index (χ3n) is 3.85. The number of imidazole rings is 1. The van der Waals surface area contributed by atoms with Crippen molar-refractivity contribution in [2.45, 2.75) is 6.04 Å². The summed E-state index contributed by atoms with van der Waals surface area (Å²) in [6.45, 7) is 0. The molecule has 0 radical (unpaired) electrons. The first-order valence-electron chi connectivity index (χ1n) is 7.49. The van der Waals surface area contributed by atoms with E-state index in [4.69, 9.17) is 5.73 Å². The van der Waals surface area contributed by atoms with Crippen LogP contribution >= 0.6 is 0 Å². The Morgan fingerprint density at radius 1 is 0.917 bits per heavy atom. The highest BCUT2D eigenvalue weighted by Crippen LogP contribution is 2.22. The summed E-state index contributed by atoms with van der Waals surface area (Å²) in [5.41, 5.74) is 10.0. The lowest BCUT2D eigenvalue weighted by atomic mass is 10.1. The zero-order valence-corrected chi connectivity index (χ0v) is 12.7. The molecular formula is C18H14FN5. The van der Waals surface area contributed by atoms with Gasteiger partial charge in [-0.05, 0) is 48.5 Å². The van der Waals surface area contributed by atoms with Crippen LogP contribution in [0.1, 0.15) is 17.4 Å². The van der Waals surface area contributed by atoms with Gasteiger partial charge in [0.1, 0.15) is 5.82 Å². The zero-order chi connectivity index (χ0) is 16.5.